The number of nitriles is 1. The normalized spacial score (nSPS) is 11.3. The minimum atomic E-state index is 0.578. The lowest BCUT2D eigenvalue weighted by molar-refractivity contribution is 1.18. The van der Waals surface area contributed by atoms with E-state index in [1.165, 1.54) is 21.8 Å². The summed E-state index contributed by atoms with van der Waals surface area (Å²) in [5, 5.41) is 14.9. The first-order chi connectivity index (χ1) is 23.7. The average Bonchev–Trinajstić information content (AvgIpc) is 3.68. The van der Waals surface area contributed by atoms with Crippen LogP contribution in [0, 0.1) is 17.9 Å². The van der Waals surface area contributed by atoms with E-state index in [0.29, 0.717) is 11.3 Å². The number of rotatable bonds is 4. The summed E-state index contributed by atoms with van der Waals surface area (Å²) in [5.41, 5.74) is 11.3. The van der Waals surface area contributed by atoms with Crippen molar-refractivity contribution >= 4 is 49.3 Å². The summed E-state index contributed by atoms with van der Waals surface area (Å²) in [6.45, 7) is 7.98. The van der Waals surface area contributed by atoms with Crippen molar-refractivity contribution in [2.45, 2.75) is 0 Å². The van der Waals surface area contributed by atoms with E-state index in [1.54, 1.807) is 0 Å². The number of nitrogens with zero attached hydrogens (tertiary/aromatic N) is 4. The minimum absolute atomic E-state index is 0.578. The van der Waals surface area contributed by atoms with Gasteiger partial charge in [0.15, 0.2) is 0 Å². The van der Waals surface area contributed by atoms with E-state index >= 15 is 0 Å². The summed E-state index contributed by atoms with van der Waals surface area (Å²) >= 11 is 0. The van der Waals surface area contributed by atoms with Crippen LogP contribution >= 0.6 is 0 Å². The number of aromatic nitrogens is 2. The molecule has 0 N–H and O–H groups in total. The first kappa shape index (κ1) is 27.4. The molecule has 0 bridgehead atoms. The van der Waals surface area contributed by atoms with Gasteiger partial charge in [-0.25, -0.2) is 4.85 Å². The van der Waals surface area contributed by atoms with Gasteiger partial charge in [0.1, 0.15) is 0 Å². The van der Waals surface area contributed by atoms with Gasteiger partial charge in [-0.1, -0.05) is 109 Å². The van der Waals surface area contributed by atoms with Crippen LogP contribution in [0.4, 0.5) is 5.69 Å². The lowest BCUT2D eigenvalue weighted by atomic mass is 9.94. The van der Waals surface area contributed by atoms with Crippen molar-refractivity contribution in [3.05, 3.63) is 175 Å². The van der Waals surface area contributed by atoms with Gasteiger partial charge < -0.3 is 9.13 Å². The monoisotopic (exact) mass is 610 g/mol. The Morgan fingerprint density at radius 3 is 1.73 bits per heavy atom. The molecule has 7 aromatic carbocycles. The highest BCUT2D eigenvalue weighted by molar-refractivity contribution is 6.14. The molecule has 0 amide bonds. The van der Waals surface area contributed by atoms with E-state index in [1.807, 2.05) is 36.4 Å². The second-order valence-electron chi connectivity index (χ2n) is 11.9. The maximum absolute atomic E-state index is 10.4. The predicted molar refractivity (Wildman–Crippen MR) is 197 cm³/mol. The molecule has 9 aromatic rings. The van der Waals surface area contributed by atoms with Crippen molar-refractivity contribution < 1.29 is 0 Å². The number of para-hydroxylation sites is 4. The number of hydrogen-bond acceptors (Lipinski definition) is 1. The number of benzene rings is 7. The van der Waals surface area contributed by atoms with Crippen LogP contribution in [0.1, 0.15) is 5.56 Å². The molecule has 0 radical (unpaired) electrons. The van der Waals surface area contributed by atoms with Crippen molar-refractivity contribution in [1.29, 1.82) is 5.26 Å². The van der Waals surface area contributed by atoms with Crippen LogP contribution in [-0.2, 0) is 0 Å². The first-order valence-corrected chi connectivity index (χ1v) is 15.9. The third kappa shape index (κ3) is 4.07. The third-order valence-corrected chi connectivity index (χ3v) is 9.39. The molecule has 222 valence electrons. The molecule has 9 rings (SSSR count). The Balaban J connectivity index is 1.20. The largest absolute Gasteiger partial charge is 0.318 e. The Kier molecular flexibility index (Phi) is 6.22. The van der Waals surface area contributed by atoms with Crippen molar-refractivity contribution in [3.8, 4) is 39.7 Å². The quantitative estimate of drug-likeness (QED) is 0.183. The van der Waals surface area contributed by atoms with Gasteiger partial charge >= 0.3 is 0 Å². The fraction of sp³-hybridized carbons (Fsp3) is 0. The van der Waals surface area contributed by atoms with Crippen LogP contribution in [0.5, 0.6) is 0 Å². The van der Waals surface area contributed by atoms with Crippen LogP contribution in [0.25, 0.3) is 82.1 Å². The zero-order valence-corrected chi connectivity index (χ0v) is 25.8. The molecular weight excluding hydrogens is 585 g/mol. The minimum Gasteiger partial charge on any atom is -0.318 e. The van der Waals surface area contributed by atoms with E-state index in [0.717, 1.165) is 55.4 Å². The number of fused-ring (bicyclic) bond motifs is 6. The topological polar surface area (TPSA) is 38.0 Å². The van der Waals surface area contributed by atoms with Crippen molar-refractivity contribution in [3.63, 3.8) is 0 Å². The third-order valence-electron chi connectivity index (χ3n) is 9.39. The standard InChI is InChI=1S/C44H26N4/c1-46-38-18-10-17-37-36-16-4-7-21-41(36)48(44(37)38)42-22-9-13-32(28-45)43(42)31-12-8-11-30(27-31)29-23-25-33(26-24-29)47-39-19-5-2-14-34(39)35-15-3-6-20-40(35)47/h2-27H. The lowest BCUT2D eigenvalue weighted by Gasteiger charge is -2.17. The second kappa shape index (κ2) is 10.9. The molecule has 0 aliphatic rings. The highest BCUT2D eigenvalue weighted by Crippen LogP contribution is 2.41. The van der Waals surface area contributed by atoms with E-state index in [-0.39, 0.29) is 0 Å². The molecule has 2 aromatic heterocycles. The van der Waals surface area contributed by atoms with Gasteiger partial charge in [0.2, 0.25) is 5.69 Å². The molecular formula is C44H26N4. The SMILES string of the molecule is [C-]#[N+]c1cccc2c3ccccc3n(-c3cccc(C#N)c3-c3cccc(-c4ccc(-n5c6ccccc6c6ccccc65)cc4)c3)c12. The van der Waals surface area contributed by atoms with E-state index in [9.17, 15) is 5.26 Å². The Hall–Kier alpha value is -6.88. The second-order valence-corrected chi connectivity index (χ2v) is 11.9. The summed E-state index contributed by atoms with van der Waals surface area (Å²) < 4.78 is 4.48. The molecule has 0 unspecified atom stereocenters. The van der Waals surface area contributed by atoms with Gasteiger partial charge in [-0.3, -0.25) is 0 Å². The fourth-order valence-electron chi connectivity index (χ4n) is 7.32. The van der Waals surface area contributed by atoms with E-state index in [4.69, 9.17) is 6.57 Å². The van der Waals surface area contributed by atoms with Crippen molar-refractivity contribution in [2.24, 2.45) is 0 Å². The molecule has 0 fully saturated rings. The van der Waals surface area contributed by atoms with E-state index in [2.05, 4.69) is 141 Å². The van der Waals surface area contributed by atoms with Gasteiger partial charge in [-0.15, -0.1) is 0 Å². The highest BCUT2D eigenvalue weighted by Gasteiger charge is 2.20. The van der Waals surface area contributed by atoms with Crippen LogP contribution in [-0.4, -0.2) is 9.13 Å². The average molecular weight is 611 g/mol. The van der Waals surface area contributed by atoms with Gasteiger partial charge in [0.25, 0.3) is 0 Å². The number of hydrogen-bond donors (Lipinski definition) is 0. The fourth-order valence-corrected chi connectivity index (χ4v) is 7.32. The van der Waals surface area contributed by atoms with Crippen molar-refractivity contribution in [1.82, 2.24) is 9.13 Å². The molecule has 2 heterocycles. The van der Waals surface area contributed by atoms with Crippen LogP contribution < -0.4 is 0 Å². The summed E-state index contributed by atoms with van der Waals surface area (Å²) in [7, 11) is 0. The van der Waals surface area contributed by atoms with Crippen LogP contribution in [0.2, 0.25) is 0 Å². The van der Waals surface area contributed by atoms with Crippen molar-refractivity contribution in [2.75, 3.05) is 0 Å². The maximum Gasteiger partial charge on any atom is 0.211 e. The summed E-state index contributed by atoms with van der Waals surface area (Å²) in [6.07, 6.45) is 0. The van der Waals surface area contributed by atoms with Crippen LogP contribution in [0.3, 0.4) is 0 Å². The summed E-state index contributed by atoms with van der Waals surface area (Å²) in [5.74, 6) is 0. The smallest absolute Gasteiger partial charge is 0.211 e. The van der Waals surface area contributed by atoms with Gasteiger partial charge in [-0.2, -0.15) is 5.26 Å². The molecule has 48 heavy (non-hydrogen) atoms. The zero-order valence-electron chi connectivity index (χ0n) is 25.8. The Morgan fingerprint density at radius 2 is 1.06 bits per heavy atom. The molecule has 0 aliphatic carbocycles. The first-order valence-electron chi connectivity index (χ1n) is 15.9. The molecule has 4 heteroatoms. The molecule has 0 aliphatic heterocycles. The lowest BCUT2D eigenvalue weighted by Crippen LogP contribution is -1.99. The van der Waals surface area contributed by atoms with Crippen LogP contribution in [0.15, 0.2) is 158 Å². The van der Waals surface area contributed by atoms with Gasteiger partial charge in [0.05, 0.1) is 46.0 Å². The summed E-state index contributed by atoms with van der Waals surface area (Å²) in [6, 6.07) is 56.6. The van der Waals surface area contributed by atoms with Gasteiger partial charge in [0, 0.05) is 27.4 Å². The molecule has 0 saturated heterocycles. The molecule has 0 saturated carbocycles. The predicted octanol–water partition coefficient (Wildman–Crippen LogP) is 11.6. The van der Waals surface area contributed by atoms with E-state index < -0.39 is 0 Å². The van der Waals surface area contributed by atoms with Gasteiger partial charge in [-0.05, 0) is 70.6 Å². The molecule has 4 nitrogen and oxygen atoms in total. The maximum atomic E-state index is 10.4. The Morgan fingerprint density at radius 1 is 0.500 bits per heavy atom. The molecule has 0 atom stereocenters. The molecule has 0 spiro atoms. The zero-order chi connectivity index (χ0) is 32.2. The Labute approximate surface area is 277 Å². The Bertz CT molecular complexity index is 2750. The summed E-state index contributed by atoms with van der Waals surface area (Å²) in [4.78, 5) is 3.90. The highest BCUT2D eigenvalue weighted by atomic mass is 15.0.